The second kappa shape index (κ2) is 13.8. The molecule has 0 bridgehead atoms. The molecule has 0 aromatic heterocycles. The smallest absolute Gasteiger partial charge is 0.460 e. The van der Waals surface area contributed by atoms with Crippen molar-refractivity contribution in [3.8, 4) is 0 Å². The minimum absolute atomic E-state index is 0.0615. The lowest BCUT2D eigenvalue weighted by molar-refractivity contribution is -0.161. The largest absolute Gasteiger partial charge is 0.508 e. The van der Waals surface area contributed by atoms with Crippen LogP contribution in [0.15, 0.2) is 0 Å². The van der Waals surface area contributed by atoms with Gasteiger partial charge in [0, 0.05) is 18.9 Å². The monoisotopic (exact) mass is 521 g/mol. The summed E-state index contributed by atoms with van der Waals surface area (Å²) in [7, 11) is -9.27. The molecule has 0 aliphatic heterocycles. The first-order valence-corrected chi connectivity index (χ1v) is 12.9. The maximum absolute atomic E-state index is 12.4. The molecule has 0 heterocycles. The van der Waals surface area contributed by atoms with E-state index in [9.17, 15) is 27.4 Å². The lowest BCUT2D eigenvalue weighted by atomic mass is 9.87. The van der Waals surface area contributed by atoms with Gasteiger partial charge in [-0.25, -0.2) is 14.2 Å². The van der Waals surface area contributed by atoms with Gasteiger partial charge in [0.25, 0.3) is 10.1 Å². The third-order valence-electron chi connectivity index (χ3n) is 3.60. The molecule has 0 radical (unpaired) electrons. The summed E-state index contributed by atoms with van der Waals surface area (Å²) in [6.07, 6.45) is -3.29. The Bertz CT molecular complexity index is 806. The summed E-state index contributed by atoms with van der Waals surface area (Å²) < 4.78 is 59.0. The fourth-order valence-electron chi connectivity index (χ4n) is 2.10. The Kier molecular flexibility index (Phi) is 13.1. The van der Waals surface area contributed by atoms with E-state index >= 15 is 0 Å². The van der Waals surface area contributed by atoms with Crippen molar-refractivity contribution < 1.29 is 60.1 Å². The Balaban J connectivity index is 4.98. The Labute approximate surface area is 192 Å². The van der Waals surface area contributed by atoms with Crippen LogP contribution in [0.3, 0.4) is 0 Å². The second-order valence-corrected chi connectivity index (χ2v) is 10.7. The highest BCUT2D eigenvalue weighted by Crippen LogP contribution is 2.42. The molecule has 0 fully saturated rings. The molecular weight excluding hydrogens is 489 g/mol. The number of phosphoric ester groups is 1. The number of amides is 1. The Morgan fingerprint density at radius 3 is 2.18 bits per heavy atom. The van der Waals surface area contributed by atoms with E-state index < -0.39 is 73.3 Å². The zero-order chi connectivity index (χ0) is 25.9. The molecule has 16 heteroatoms. The van der Waals surface area contributed by atoms with E-state index in [4.69, 9.17) is 23.4 Å². The lowest BCUT2D eigenvalue weighted by Gasteiger charge is -2.31. The molecule has 0 saturated carbocycles. The third kappa shape index (κ3) is 15.7. The lowest BCUT2D eigenvalue weighted by Crippen LogP contribution is -2.43. The van der Waals surface area contributed by atoms with Crippen molar-refractivity contribution in [1.29, 1.82) is 0 Å². The molecule has 0 unspecified atom stereocenters. The van der Waals surface area contributed by atoms with Gasteiger partial charge in [0.15, 0.2) is 6.10 Å². The first kappa shape index (κ1) is 31.2. The summed E-state index contributed by atoms with van der Waals surface area (Å²) in [6, 6.07) is 0. The minimum atomic E-state index is -5.19. The summed E-state index contributed by atoms with van der Waals surface area (Å²) in [5, 5.41) is 2.42. The highest BCUT2D eigenvalue weighted by atomic mass is 32.2. The van der Waals surface area contributed by atoms with Gasteiger partial charge in [0.1, 0.15) is 13.2 Å². The van der Waals surface area contributed by atoms with E-state index in [2.05, 4.69) is 14.6 Å². The molecule has 194 valence electrons. The number of carbonyl (C=O) groups is 3. The van der Waals surface area contributed by atoms with E-state index in [1.165, 1.54) is 20.8 Å². The Hall–Kier alpha value is -1.77. The number of phosphoric acid groups is 1. The summed E-state index contributed by atoms with van der Waals surface area (Å²) in [6.45, 7) is 5.56. The van der Waals surface area contributed by atoms with Gasteiger partial charge in [-0.1, -0.05) is 13.8 Å². The van der Waals surface area contributed by atoms with Crippen LogP contribution in [-0.4, -0.2) is 80.6 Å². The number of hydrogen-bond acceptors (Lipinski definition) is 11. The van der Waals surface area contributed by atoms with Gasteiger partial charge in [-0.3, -0.25) is 13.5 Å². The van der Waals surface area contributed by atoms with Crippen LogP contribution >= 0.6 is 7.82 Å². The molecule has 0 aliphatic carbocycles. The Morgan fingerprint density at radius 2 is 1.67 bits per heavy atom. The quantitative estimate of drug-likeness (QED) is 0.116. The fourth-order valence-corrected chi connectivity index (χ4v) is 3.85. The van der Waals surface area contributed by atoms with Crippen molar-refractivity contribution in [3.05, 3.63) is 0 Å². The van der Waals surface area contributed by atoms with Crippen molar-refractivity contribution in [3.63, 3.8) is 0 Å². The van der Waals surface area contributed by atoms with Crippen molar-refractivity contribution in [2.75, 3.05) is 32.1 Å². The molecule has 0 aromatic rings. The van der Waals surface area contributed by atoms with Gasteiger partial charge in [0.2, 0.25) is 5.91 Å². The van der Waals surface area contributed by atoms with Crippen molar-refractivity contribution in [2.24, 2.45) is 5.41 Å². The summed E-state index contributed by atoms with van der Waals surface area (Å²) in [4.78, 5) is 52.8. The average molecular weight is 521 g/mol. The zero-order valence-electron chi connectivity index (χ0n) is 19.1. The summed E-state index contributed by atoms with van der Waals surface area (Å²) in [5.41, 5.74) is -1.57. The van der Waals surface area contributed by atoms with Gasteiger partial charge in [-0.05, 0) is 20.3 Å². The highest BCUT2D eigenvalue weighted by molar-refractivity contribution is 7.86. The van der Waals surface area contributed by atoms with Crippen molar-refractivity contribution in [2.45, 2.75) is 53.2 Å². The van der Waals surface area contributed by atoms with Gasteiger partial charge >= 0.3 is 19.9 Å². The summed E-state index contributed by atoms with van der Waals surface area (Å²) >= 11 is 0. The molecule has 0 rings (SSSR count). The summed E-state index contributed by atoms with van der Waals surface area (Å²) in [5.74, 6) is -2.01. The standard InChI is InChI=1S/C17H32NO13PS/c1-12(2)30-16(21)28-9-8-27-15(20)14(31-32(22,23)24)17(4,5)11-29-33(25,26)10-6-7-18-13(3)19/h12,14H,6-11H2,1-5H3,(H,18,19)(H2,22,23,24)/t14-/m0/s1. The second-order valence-electron chi connectivity index (χ2n) is 7.76. The van der Waals surface area contributed by atoms with E-state index in [0.717, 1.165) is 0 Å². The maximum Gasteiger partial charge on any atom is 0.508 e. The van der Waals surface area contributed by atoms with E-state index in [-0.39, 0.29) is 18.9 Å². The average Bonchev–Trinajstić information content (AvgIpc) is 2.64. The van der Waals surface area contributed by atoms with Crippen LogP contribution in [0.2, 0.25) is 0 Å². The van der Waals surface area contributed by atoms with Gasteiger partial charge in [-0.2, -0.15) is 8.42 Å². The highest BCUT2D eigenvalue weighted by Gasteiger charge is 2.43. The zero-order valence-corrected chi connectivity index (χ0v) is 20.8. The van der Waals surface area contributed by atoms with E-state index in [1.54, 1.807) is 13.8 Å². The van der Waals surface area contributed by atoms with Crippen LogP contribution in [-0.2, 0) is 47.2 Å². The predicted molar refractivity (Wildman–Crippen MR) is 112 cm³/mol. The van der Waals surface area contributed by atoms with Crippen LogP contribution in [0, 0.1) is 5.41 Å². The number of rotatable bonds is 15. The minimum Gasteiger partial charge on any atom is -0.460 e. The molecule has 14 nitrogen and oxygen atoms in total. The number of ether oxygens (including phenoxy) is 3. The molecule has 3 N–H and O–H groups in total. The number of nitrogens with one attached hydrogen (secondary N) is 1. The van der Waals surface area contributed by atoms with Crippen LogP contribution in [0.25, 0.3) is 0 Å². The van der Waals surface area contributed by atoms with Crippen molar-refractivity contribution in [1.82, 2.24) is 5.32 Å². The number of hydrogen-bond donors (Lipinski definition) is 3. The topological polar surface area (TPSA) is 201 Å². The van der Waals surface area contributed by atoms with Crippen LogP contribution in [0.1, 0.15) is 41.0 Å². The Morgan fingerprint density at radius 1 is 1.09 bits per heavy atom. The third-order valence-corrected chi connectivity index (χ3v) is 5.35. The molecule has 1 amide bonds. The molecule has 0 spiro atoms. The molecule has 0 aromatic carbocycles. The number of esters is 1. The van der Waals surface area contributed by atoms with Crippen LogP contribution in [0.5, 0.6) is 0 Å². The molecular formula is C17H32NO13PS. The number of carbonyl (C=O) groups excluding carboxylic acids is 3. The normalized spacial score (nSPS) is 13.3. The molecule has 33 heavy (non-hydrogen) atoms. The molecule has 0 saturated heterocycles. The molecule has 1 atom stereocenters. The maximum atomic E-state index is 12.4. The first-order valence-electron chi connectivity index (χ1n) is 9.81. The van der Waals surface area contributed by atoms with E-state index in [0.29, 0.717) is 0 Å². The molecule has 0 aliphatic rings. The van der Waals surface area contributed by atoms with Gasteiger partial charge in [0.05, 0.1) is 18.5 Å². The first-order chi connectivity index (χ1) is 14.9. The van der Waals surface area contributed by atoms with Crippen molar-refractivity contribution >= 4 is 36.0 Å². The van der Waals surface area contributed by atoms with Gasteiger partial charge in [-0.15, -0.1) is 0 Å². The predicted octanol–water partition coefficient (Wildman–Crippen LogP) is 0.468. The fraction of sp³-hybridized carbons (Fsp3) is 0.824. The van der Waals surface area contributed by atoms with Crippen LogP contribution < -0.4 is 5.32 Å². The SMILES string of the molecule is CC(=O)NCCCS(=O)(=O)OCC(C)(C)[C@@H](OP(=O)(O)O)C(=O)OCCOC(=O)OC(C)C. The van der Waals surface area contributed by atoms with Gasteiger partial charge < -0.3 is 29.3 Å². The van der Waals surface area contributed by atoms with Crippen LogP contribution in [0.4, 0.5) is 4.79 Å². The van der Waals surface area contributed by atoms with E-state index in [1.807, 2.05) is 0 Å².